The molecule has 1 aromatic carbocycles. The molecule has 0 amide bonds. The lowest BCUT2D eigenvalue weighted by molar-refractivity contribution is 0.426. The summed E-state index contributed by atoms with van der Waals surface area (Å²) in [6.45, 7) is 5.24. The first kappa shape index (κ1) is 12.2. The number of aryl methyl sites for hydroxylation is 1. The van der Waals surface area contributed by atoms with Crippen molar-refractivity contribution in [2.24, 2.45) is 0 Å². The van der Waals surface area contributed by atoms with Crippen molar-refractivity contribution in [1.82, 2.24) is 9.55 Å². The van der Waals surface area contributed by atoms with Crippen molar-refractivity contribution in [3.8, 4) is 11.6 Å². The van der Waals surface area contributed by atoms with E-state index in [9.17, 15) is 14.7 Å². The van der Waals surface area contributed by atoms with E-state index in [0.717, 1.165) is 15.7 Å². The number of nitrogens with one attached hydrogen (secondary N) is 1. The predicted molar refractivity (Wildman–Crippen MR) is 68.5 cm³/mol. The Morgan fingerprint density at radius 3 is 2.44 bits per heavy atom. The fourth-order valence-corrected chi connectivity index (χ4v) is 1.81. The van der Waals surface area contributed by atoms with E-state index >= 15 is 0 Å². The Hall–Kier alpha value is -2.30. The molecule has 0 aliphatic heterocycles. The van der Waals surface area contributed by atoms with E-state index in [-0.39, 0.29) is 11.4 Å². The summed E-state index contributed by atoms with van der Waals surface area (Å²) in [5.74, 6) is -0.322. The van der Waals surface area contributed by atoms with Gasteiger partial charge >= 0.3 is 5.69 Å². The van der Waals surface area contributed by atoms with Gasteiger partial charge in [-0.05, 0) is 38.0 Å². The van der Waals surface area contributed by atoms with Gasteiger partial charge in [0.1, 0.15) is 0 Å². The van der Waals surface area contributed by atoms with Crippen LogP contribution in [0.3, 0.4) is 0 Å². The molecule has 18 heavy (non-hydrogen) atoms. The summed E-state index contributed by atoms with van der Waals surface area (Å²) in [6.07, 6.45) is 0. The lowest BCUT2D eigenvalue weighted by Gasteiger charge is -2.13. The molecule has 0 fully saturated rings. The molecule has 0 saturated carbocycles. The number of aromatic nitrogens is 2. The van der Waals surface area contributed by atoms with E-state index in [0.29, 0.717) is 5.69 Å². The molecule has 1 heterocycles. The standard InChI is InChI=1S/C13H14N2O3/c1-7-5-4-6-10(8(7)2)15-12(17)9(3)11(16)14-13(15)18/h4-6,17H,1-3H3,(H,14,16,18). The lowest BCUT2D eigenvalue weighted by Crippen LogP contribution is -2.30. The van der Waals surface area contributed by atoms with E-state index in [4.69, 9.17) is 0 Å². The van der Waals surface area contributed by atoms with E-state index in [1.807, 2.05) is 19.9 Å². The Morgan fingerprint density at radius 2 is 1.78 bits per heavy atom. The third-order valence-electron chi connectivity index (χ3n) is 3.13. The quantitative estimate of drug-likeness (QED) is 0.792. The van der Waals surface area contributed by atoms with E-state index in [1.165, 1.54) is 6.92 Å². The van der Waals surface area contributed by atoms with Gasteiger partial charge in [-0.3, -0.25) is 9.78 Å². The highest BCUT2D eigenvalue weighted by molar-refractivity contribution is 5.47. The molecule has 0 aliphatic carbocycles. The monoisotopic (exact) mass is 246 g/mol. The summed E-state index contributed by atoms with van der Waals surface area (Å²) in [6, 6.07) is 5.44. The van der Waals surface area contributed by atoms with Crippen molar-refractivity contribution < 1.29 is 5.11 Å². The fourth-order valence-electron chi connectivity index (χ4n) is 1.81. The van der Waals surface area contributed by atoms with Gasteiger partial charge in [0.15, 0.2) is 0 Å². The molecular formula is C13H14N2O3. The Balaban J connectivity index is 2.88. The molecule has 0 atom stereocenters. The molecule has 0 radical (unpaired) electrons. The van der Waals surface area contributed by atoms with Gasteiger partial charge in [0, 0.05) is 0 Å². The molecule has 94 valence electrons. The molecule has 0 unspecified atom stereocenters. The summed E-state index contributed by atoms with van der Waals surface area (Å²) in [5, 5.41) is 9.97. The molecule has 2 aromatic rings. The number of aromatic hydroxyl groups is 1. The lowest BCUT2D eigenvalue weighted by atomic mass is 10.1. The Labute approximate surface area is 103 Å². The zero-order valence-corrected chi connectivity index (χ0v) is 10.4. The average molecular weight is 246 g/mol. The van der Waals surface area contributed by atoms with Crippen molar-refractivity contribution in [3.05, 3.63) is 55.7 Å². The Morgan fingerprint density at radius 1 is 1.11 bits per heavy atom. The second-order valence-electron chi connectivity index (χ2n) is 4.26. The molecule has 2 rings (SSSR count). The largest absolute Gasteiger partial charge is 0.494 e. The molecule has 0 bridgehead atoms. The number of aromatic amines is 1. The van der Waals surface area contributed by atoms with E-state index < -0.39 is 11.2 Å². The zero-order chi connectivity index (χ0) is 13.4. The van der Waals surface area contributed by atoms with Crippen molar-refractivity contribution in [2.45, 2.75) is 20.8 Å². The molecule has 5 heteroatoms. The van der Waals surface area contributed by atoms with Crippen LogP contribution in [0.15, 0.2) is 27.8 Å². The molecular weight excluding hydrogens is 232 g/mol. The number of H-pyrrole nitrogens is 1. The highest BCUT2D eigenvalue weighted by Gasteiger charge is 2.13. The smallest absolute Gasteiger partial charge is 0.335 e. The maximum Gasteiger partial charge on any atom is 0.335 e. The van der Waals surface area contributed by atoms with Crippen LogP contribution in [0.5, 0.6) is 5.88 Å². The van der Waals surface area contributed by atoms with Crippen molar-refractivity contribution in [2.75, 3.05) is 0 Å². The van der Waals surface area contributed by atoms with Gasteiger partial charge in [-0.25, -0.2) is 9.36 Å². The third-order valence-corrected chi connectivity index (χ3v) is 3.13. The van der Waals surface area contributed by atoms with Gasteiger partial charge in [-0.15, -0.1) is 0 Å². The summed E-state index contributed by atoms with van der Waals surface area (Å²) < 4.78 is 1.11. The van der Waals surface area contributed by atoms with Crippen molar-refractivity contribution in [3.63, 3.8) is 0 Å². The molecule has 0 saturated heterocycles. The molecule has 1 aromatic heterocycles. The van der Waals surface area contributed by atoms with Crippen LogP contribution in [0.1, 0.15) is 16.7 Å². The molecule has 5 nitrogen and oxygen atoms in total. The number of benzene rings is 1. The topological polar surface area (TPSA) is 75.1 Å². The first-order chi connectivity index (χ1) is 8.43. The summed E-state index contributed by atoms with van der Waals surface area (Å²) in [5.41, 5.74) is 1.35. The first-order valence-electron chi connectivity index (χ1n) is 5.55. The third kappa shape index (κ3) is 1.73. The minimum absolute atomic E-state index is 0.121. The van der Waals surface area contributed by atoms with Gasteiger partial charge in [0.25, 0.3) is 5.56 Å². The Kier molecular flexibility index (Phi) is 2.82. The van der Waals surface area contributed by atoms with Crippen molar-refractivity contribution >= 4 is 0 Å². The maximum atomic E-state index is 11.8. The van der Waals surface area contributed by atoms with Crippen LogP contribution < -0.4 is 11.2 Å². The normalized spacial score (nSPS) is 10.6. The first-order valence-corrected chi connectivity index (χ1v) is 5.55. The number of hydrogen-bond acceptors (Lipinski definition) is 3. The second-order valence-corrected chi connectivity index (χ2v) is 4.26. The molecule has 0 spiro atoms. The highest BCUT2D eigenvalue weighted by atomic mass is 16.3. The number of rotatable bonds is 1. The van der Waals surface area contributed by atoms with E-state index in [1.54, 1.807) is 12.1 Å². The van der Waals surface area contributed by atoms with Crippen LogP contribution >= 0.6 is 0 Å². The van der Waals surface area contributed by atoms with Crippen LogP contribution in [-0.4, -0.2) is 14.7 Å². The molecule has 0 aliphatic rings. The highest BCUT2D eigenvalue weighted by Crippen LogP contribution is 2.20. The Bertz CT molecular complexity index is 726. The van der Waals surface area contributed by atoms with Gasteiger partial charge < -0.3 is 5.11 Å². The molecule has 2 N–H and O–H groups in total. The summed E-state index contributed by atoms with van der Waals surface area (Å²) in [4.78, 5) is 25.4. The van der Waals surface area contributed by atoms with Gasteiger partial charge in [0.2, 0.25) is 5.88 Å². The number of hydrogen-bond donors (Lipinski definition) is 2. The zero-order valence-electron chi connectivity index (χ0n) is 10.4. The van der Waals surface area contributed by atoms with Gasteiger partial charge in [-0.2, -0.15) is 0 Å². The van der Waals surface area contributed by atoms with Crippen LogP contribution in [0, 0.1) is 20.8 Å². The maximum absolute atomic E-state index is 11.8. The van der Waals surface area contributed by atoms with E-state index in [2.05, 4.69) is 4.98 Å². The fraction of sp³-hybridized carbons (Fsp3) is 0.231. The van der Waals surface area contributed by atoms with Gasteiger partial charge in [0.05, 0.1) is 11.3 Å². The second kappa shape index (κ2) is 4.18. The van der Waals surface area contributed by atoms with Crippen LogP contribution in [0.4, 0.5) is 0 Å². The SMILES string of the molecule is Cc1cccc(-n2c(O)c(C)c(=O)[nH]c2=O)c1C. The predicted octanol–water partition coefficient (Wildman–Crippen LogP) is 1.16. The van der Waals surface area contributed by atoms with Crippen LogP contribution in [0.25, 0.3) is 5.69 Å². The summed E-state index contributed by atoms with van der Waals surface area (Å²) in [7, 11) is 0. The van der Waals surface area contributed by atoms with Gasteiger partial charge in [-0.1, -0.05) is 12.1 Å². The average Bonchev–Trinajstić information content (AvgIpc) is 2.32. The van der Waals surface area contributed by atoms with Crippen molar-refractivity contribution in [1.29, 1.82) is 0 Å². The minimum atomic E-state index is -0.642. The van der Waals surface area contributed by atoms with Crippen LogP contribution in [0.2, 0.25) is 0 Å². The minimum Gasteiger partial charge on any atom is -0.494 e. The van der Waals surface area contributed by atoms with Crippen LogP contribution in [-0.2, 0) is 0 Å². The summed E-state index contributed by atoms with van der Waals surface area (Å²) >= 11 is 0. The number of nitrogens with zero attached hydrogens (tertiary/aromatic N) is 1.